The van der Waals surface area contributed by atoms with Gasteiger partial charge in [0, 0.05) is 0 Å². The molecular weight excluding hydrogens is 319 g/mol. The molecule has 0 saturated carbocycles. The average molecular weight is 336 g/mol. The van der Waals surface area contributed by atoms with Crippen molar-refractivity contribution in [3.8, 4) is 0 Å². The van der Waals surface area contributed by atoms with Crippen molar-refractivity contribution < 1.29 is 17.6 Å². The van der Waals surface area contributed by atoms with E-state index in [1.807, 2.05) is 0 Å². The highest BCUT2D eigenvalue weighted by Crippen LogP contribution is 2.15. The second kappa shape index (κ2) is 6.89. The Morgan fingerprint density at radius 1 is 1.13 bits per heavy atom. The Bertz CT molecular complexity index is 787. The number of nitrogens with one attached hydrogen (secondary N) is 1. The molecule has 5 nitrogen and oxygen atoms in total. The standard InChI is InChI=1S/C16H17FN2O3S/c1-11(13-4-8-15(9-5-13)23(18,21)22)19-16(20)10-12-2-6-14(17)7-3-12/h2-9,11H,10H2,1H3,(H,19,20)(H2,18,21,22). The lowest BCUT2D eigenvalue weighted by Crippen LogP contribution is -2.28. The molecule has 0 radical (unpaired) electrons. The molecule has 1 atom stereocenters. The first-order chi connectivity index (χ1) is 10.8. The maximum absolute atomic E-state index is 12.8. The minimum atomic E-state index is -3.73. The van der Waals surface area contributed by atoms with Crippen molar-refractivity contribution in [3.63, 3.8) is 0 Å². The number of hydrogen-bond donors (Lipinski definition) is 2. The Morgan fingerprint density at radius 2 is 1.70 bits per heavy atom. The van der Waals surface area contributed by atoms with Crippen LogP contribution in [0.5, 0.6) is 0 Å². The monoisotopic (exact) mass is 336 g/mol. The van der Waals surface area contributed by atoms with E-state index in [4.69, 9.17) is 5.14 Å². The molecule has 0 saturated heterocycles. The van der Waals surface area contributed by atoms with Gasteiger partial charge in [-0.05, 0) is 42.3 Å². The minimum Gasteiger partial charge on any atom is -0.349 e. The second-order valence-corrected chi connectivity index (χ2v) is 6.77. The topological polar surface area (TPSA) is 89.3 Å². The first kappa shape index (κ1) is 17.1. The smallest absolute Gasteiger partial charge is 0.238 e. The maximum Gasteiger partial charge on any atom is 0.238 e. The molecule has 0 fully saturated rings. The van der Waals surface area contributed by atoms with Crippen molar-refractivity contribution in [1.82, 2.24) is 5.32 Å². The van der Waals surface area contributed by atoms with E-state index in [2.05, 4.69) is 5.32 Å². The maximum atomic E-state index is 12.8. The Kier molecular flexibility index (Phi) is 5.12. The van der Waals surface area contributed by atoms with Crippen LogP contribution in [-0.2, 0) is 21.2 Å². The largest absolute Gasteiger partial charge is 0.349 e. The Hall–Kier alpha value is -2.25. The van der Waals surface area contributed by atoms with Gasteiger partial charge in [-0.3, -0.25) is 4.79 Å². The van der Waals surface area contributed by atoms with Crippen LogP contribution in [-0.4, -0.2) is 14.3 Å². The summed E-state index contributed by atoms with van der Waals surface area (Å²) in [6, 6.07) is 11.4. The molecule has 3 N–H and O–H groups in total. The molecule has 2 aromatic carbocycles. The predicted molar refractivity (Wildman–Crippen MR) is 84.5 cm³/mol. The number of primary sulfonamides is 1. The normalized spacial score (nSPS) is 12.7. The average Bonchev–Trinajstić information content (AvgIpc) is 2.49. The van der Waals surface area contributed by atoms with Crippen molar-refractivity contribution in [2.75, 3.05) is 0 Å². The number of carbonyl (C=O) groups excluding carboxylic acids is 1. The summed E-state index contributed by atoms with van der Waals surface area (Å²) < 4.78 is 35.2. The lowest BCUT2D eigenvalue weighted by atomic mass is 10.1. The van der Waals surface area contributed by atoms with E-state index >= 15 is 0 Å². The van der Waals surface area contributed by atoms with E-state index in [9.17, 15) is 17.6 Å². The van der Waals surface area contributed by atoms with Gasteiger partial charge in [0.15, 0.2) is 0 Å². The summed E-state index contributed by atoms with van der Waals surface area (Å²) in [6.07, 6.45) is 0.139. The third-order valence-corrected chi connectivity index (χ3v) is 4.29. The van der Waals surface area contributed by atoms with Crippen LogP contribution in [0.4, 0.5) is 4.39 Å². The van der Waals surface area contributed by atoms with Crippen molar-refractivity contribution in [2.24, 2.45) is 5.14 Å². The molecule has 7 heteroatoms. The third kappa shape index (κ3) is 4.87. The molecule has 2 rings (SSSR count). The molecule has 1 amide bonds. The van der Waals surface area contributed by atoms with Crippen molar-refractivity contribution in [2.45, 2.75) is 24.3 Å². The number of hydrogen-bond acceptors (Lipinski definition) is 3. The first-order valence-corrected chi connectivity index (χ1v) is 8.47. The Morgan fingerprint density at radius 3 is 2.22 bits per heavy atom. The second-order valence-electron chi connectivity index (χ2n) is 5.21. The van der Waals surface area contributed by atoms with Crippen molar-refractivity contribution >= 4 is 15.9 Å². The van der Waals surface area contributed by atoms with Gasteiger partial charge in [0.1, 0.15) is 5.82 Å². The van der Waals surface area contributed by atoms with Crippen molar-refractivity contribution in [3.05, 3.63) is 65.5 Å². The zero-order chi connectivity index (χ0) is 17.0. The molecule has 122 valence electrons. The summed E-state index contributed by atoms with van der Waals surface area (Å²) in [5.74, 6) is -0.558. The number of halogens is 1. The molecule has 0 heterocycles. The van der Waals surface area contributed by atoms with E-state index in [1.165, 1.54) is 24.3 Å². The highest BCUT2D eigenvalue weighted by Gasteiger charge is 2.12. The fourth-order valence-electron chi connectivity index (χ4n) is 2.11. The van der Waals surface area contributed by atoms with Gasteiger partial charge in [-0.25, -0.2) is 17.9 Å². The van der Waals surface area contributed by atoms with E-state index in [-0.39, 0.29) is 29.1 Å². The van der Waals surface area contributed by atoms with Gasteiger partial charge < -0.3 is 5.32 Å². The fourth-order valence-corrected chi connectivity index (χ4v) is 2.63. The fraction of sp³-hybridized carbons (Fsp3) is 0.188. The van der Waals surface area contributed by atoms with Gasteiger partial charge >= 0.3 is 0 Å². The van der Waals surface area contributed by atoms with Crippen LogP contribution in [0.15, 0.2) is 53.4 Å². The molecule has 0 spiro atoms. The highest BCUT2D eigenvalue weighted by atomic mass is 32.2. The Labute approximate surface area is 134 Å². The summed E-state index contributed by atoms with van der Waals surface area (Å²) in [5, 5.41) is 7.84. The number of carbonyl (C=O) groups is 1. The summed E-state index contributed by atoms with van der Waals surface area (Å²) in [5.41, 5.74) is 1.46. The predicted octanol–water partition coefficient (Wildman–Crippen LogP) is 1.89. The van der Waals surface area contributed by atoms with Gasteiger partial charge in [0.05, 0.1) is 17.4 Å². The van der Waals surface area contributed by atoms with Crippen LogP contribution in [0.1, 0.15) is 24.1 Å². The molecule has 0 aliphatic heterocycles. The lowest BCUT2D eigenvalue weighted by Gasteiger charge is -2.15. The molecule has 1 unspecified atom stereocenters. The van der Waals surface area contributed by atoms with Gasteiger partial charge in [-0.2, -0.15) is 0 Å². The number of rotatable bonds is 5. The van der Waals surface area contributed by atoms with Crippen LogP contribution in [0, 0.1) is 5.82 Å². The molecule has 2 aromatic rings. The summed E-state index contributed by atoms with van der Waals surface area (Å²) in [4.78, 5) is 12.0. The molecular formula is C16H17FN2O3S. The molecule has 0 aromatic heterocycles. The number of sulfonamides is 1. The van der Waals surface area contributed by atoms with Crippen LogP contribution < -0.4 is 10.5 Å². The van der Waals surface area contributed by atoms with Crippen LogP contribution in [0.25, 0.3) is 0 Å². The minimum absolute atomic E-state index is 0.0195. The van der Waals surface area contributed by atoms with Gasteiger partial charge in [0.2, 0.25) is 15.9 Å². The quantitative estimate of drug-likeness (QED) is 0.874. The molecule has 0 aliphatic rings. The van der Waals surface area contributed by atoms with Gasteiger partial charge in [-0.1, -0.05) is 24.3 Å². The third-order valence-electron chi connectivity index (χ3n) is 3.36. The van der Waals surface area contributed by atoms with E-state index < -0.39 is 10.0 Å². The molecule has 0 bridgehead atoms. The number of nitrogens with two attached hydrogens (primary N) is 1. The number of amides is 1. The van der Waals surface area contributed by atoms with E-state index in [1.54, 1.807) is 31.2 Å². The van der Waals surface area contributed by atoms with Crippen LogP contribution in [0.2, 0.25) is 0 Å². The molecule has 0 aliphatic carbocycles. The zero-order valence-electron chi connectivity index (χ0n) is 12.5. The first-order valence-electron chi connectivity index (χ1n) is 6.92. The Balaban J connectivity index is 1.99. The van der Waals surface area contributed by atoms with E-state index in [0.29, 0.717) is 5.56 Å². The summed E-state index contributed by atoms with van der Waals surface area (Å²) >= 11 is 0. The van der Waals surface area contributed by atoms with Gasteiger partial charge in [0.25, 0.3) is 0 Å². The molecule has 23 heavy (non-hydrogen) atoms. The van der Waals surface area contributed by atoms with Crippen LogP contribution in [0.3, 0.4) is 0 Å². The lowest BCUT2D eigenvalue weighted by molar-refractivity contribution is -0.121. The van der Waals surface area contributed by atoms with Crippen LogP contribution >= 0.6 is 0 Å². The number of benzene rings is 2. The van der Waals surface area contributed by atoms with Crippen molar-refractivity contribution in [1.29, 1.82) is 0 Å². The highest BCUT2D eigenvalue weighted by molar-refractivity contribution is 7.89. The SMILES string of the molecule is CC(NC(=O)Cc1ccc(F)cc1)c1ccc(S(N)(=O)=O)cc1. The van der Waals surface area contributed by atoms with E-state index in [0.717, 1.165) is 5.56 Å². The summed E-state index contributed by atoms with van der Waals surface area (Å²) in [7, 11) is -3.73. The zero-order valence-corrected chi connectivity index (χ0v) is 13.3. The van der Waals surface area contributed by atoms with Gasteiger partial charge in [-0.15, -0.1) is 0 Å². The summed E-state index contributed by atoms with van der Waals surface area (Å²) in [6.45, 7) is 1.79.